The first kappa shape index (κ1) is 22.3. The lowest BCUT2D eigenvalue weighted by molar-refractivity contribution is -0.115. The van der Waals surface area contributed by atoms with Gasteiger partial charge in [0.05, 0.1) is 11.4 Å². The Morgan fingerprint density at radius 1 is 1.10 bits per heavy atom. The summed E-state index contributed by atoms with van der Waals surface area (Å²) >= 11 is 6.54. The van der Waals surface area contributed by atoms with Crippen molar-refractivity contribution in [3.8, 4) is 0 Å². The monoisotopic (exact) mass is 464 g/mol. The van der Waals surface area contributed by atoms with Crippen LogP contribution in [0.5, 0.6) is 0 Å². The average Bonchev–Trinajstić information content (AvgIpc) is 3.37. The second-order valence-electron chi connectivity index (χ2n) is 6.32. The molecule has 1 amide bonds. The van der Waals surface area contributed by atoms with Gasteiger partial charge in [0.15, 0.2) is 13.8 Å². The van der Waals surface area contributed by atoms with Crippen molar-refractivity contribution in [2.75, 3.05) is 10.7 Å². The fraction of sp³-hybridized carbons (Fsp3) is 0.400. The largest absolute Gasteiger partial charge is 0.274 e. The molecule has 0 fully saturated rings. The predicted molar refractivity (Wildman–Crippen MR) is 126 cm³/mol. The van der Waals surface area contributed by atoms with E-state index in [1.807, 2.05) is 17.5 Å². The number of amides is 1. The molecule has 1 aromatic carbocycles. The number of nitrogens with zero attached hydrogens (tertiary/aromatic N) is 4. The molecule has 154 valence electrons. The number of thioether (sulfide) groups is 2. The highest BCUT2D eigenvalue weighted by Gasteiger charge is 2.18. The standard InChI is InChI=1S/C20H24N4OS4/c1-4-6-11-26-19-22-23-20(29-19)28-13-16-12-27-18(21-16)24(14(3)25)17-9-7-15(5-2)8-10-17/h7-10,12H,4-6,11,13H2,1-3H3. The van der Waals surface area contributed by atoms with Crippen LogP contribution in [-0.4, -0.2) is 26.8 Å². The van der Waals surface area contributed by atoms with Gasteiger partial charge in [-0.1, -0.05) is 67.3 Å². The summed E-state index contributed by atoms with van der Waals surface area (Å²) < 4.78 is 1.98. The Morgan fingerprint density at radius 3 is 2.48 bits per heavy atom. The molecule has 0 atom stereocenters. The van der Waals surface area contributed by atoms with Crippen LogP contribution in [0.1, 0.15) is 44.9 Å². The number of thiazole rings is 1. The van der Waals surface area contributed by atoms with Crippen LogP contribution in [-0.2, 0) is 17.0 Å². The van der Waals surface area contributed by atoms with Crippen molar-refractivity contribution in [1.29, 1.82) is 0 Å². The van der Waals surface area contributed by atoms with E-state index in [1.165, 1.54) is 29.7 Å². The fourth-order valence-corrected chi connectivity index (χ4v) is 6.59. The maximum atomic E-state index is 12.3. The van der Waals surface area contributed by atoms with Crippen LogP contribution in [0.25, 0.3) is 0 Å². The van der Waals surface area contributed by atoms with Crippen LogP contribution >= 0.6 is 46.2 Å². The van der Waals surface area contributed by atoms with E-state index in [0.29, 0.717) is 10.9 Å². The summed E-state index contributed by atoms with van der Waals surface area (Å²) in [6, 6.07) is 8.08. The Labute approximate surface area is 188 Å². The van der Waals surface area contributed by atoms with Gasteiger partial charge >= 0.3 is 0 Å². The number of rotatable bonds is 10. The van der Waals surface area contributed by atoms with E-state index in [2.05, 4.69) is 41.2 Å². The molecule has 5 nitrogen and oxygen atoms in total. The van der Waals surface area contributed by atoms with Gasteiger partial charge in [-0.2, -0.15) is 0 Å². The first-order chi connectivity index (χ1) is 14.1. The van der Waals surface area contributed by atoms with Crippen molar-refractivity contribution >= 4 is 62.9 Å². The molecule has 0 saturated heterocycles. The summed E-state index contributed by atoms with van der Waals surface area (Å²) in [5, 5.41) is 11.2. The number of carbonyl (C=O) groups is 1. The minimum atomic E-state index is -0.0410. The minimum Gasteiger partial charge on any atom is -0.274 e. The molecule has 29 heavy (non-hydrogen) atoms. The highest BCUT2D eigenvalue weighted by molar-refractivity contribution is 8.02. The van der Waals surface area contributed by atoms with Gasteiger partial charge in [-0.25, -0.2) is 4.98 Å². The van der Waals surface area contributed by atoms with E-state index < -0.39 is 0 Å². The van der Waals surface area contributed by atoms with E-state index in [4.69, 9.17) is 0 Å². The molecule has 0 aliphatic rings. The molecule has 0 bridgehead atoms. The van der Waals surface area contributed by atoms with Crippen LogP contribution in [0.4, 0.5) is 10.8 Å². The number of hydrogen-bond acceptors (Lipinski definition) is 8. The Morgan fingerprint density at radius 2 is 1.83 bits per heavy atom. The molecule has 0 spiro atoms. The lowest BCUT2D eigenvalue weighted by Gasteiger charge is -2.18. The zero-order valence-corrected chi connectivity index (χ0v) is 20.0. The number of hydrogen-bond donors (Lipinski definition) is 0. The van der Waals surface area contributed by atoms with Gasteiger partial charge in [0.1, 0.15) is 0 Å². The van der Waals surface area contributed by atoms with Gasteiger partial charge < -0.3 is 0 Å². The molecule has 0 saturated carbocycles. The first-order valence-electron chi connectivity index (χ1n) is 9.53. The SMILES string of the molecule is CCCCSc1nnc(SCc2csc(N(C(C)=O)c3ccc(CC)cc3)n2)s1. The summed E-state index contributed by atoms with van der Waals surface area (Å²) in [5.41, 5.74) is 3.04. The van der Waals surface area contributed by atoms with Crippen molar-refractivity contribution in [2.45, 2.75) is 54.5 Å². The van der Waals surface area contributed by atoms with Crippen molar-refractivity contribution in [3.63, 3.8) is 0 Å². The number of aryl methyl sites for hydroxylation is 1. The third-order valence-electron chi connectivity index (χ3n) is 4.10. The summed E-state index contributed by atoms with van der Waals surface area (Å²) in [5.74, 6) is 1.76. The Hall–Kier alpha value is -1.42. The molecule has 9 heteroatoms. The molecule has 3 rings (SSSR count). The molecule has 0 aliphatic carbocycles. The van der Waals surface area contributed by atoms with Gasteiger partial charge in [-0.3, -0.25) is 9.69 Å². The van der Waals surface area contributed by atoms with Gasteiger partial charge in [0.2, 0.25) is 5.91 Å². The van der Waals surface area contributed by atoms with E-state index in [9.17, 15) is 4.79 Å². The van der Waals surface area contributed by atoms with Gasteiger partial charge in [-0.05, 0) is 30.5 Å². The zero-order chi connectivity index (χ0) is 20.6. The molecular weight excluding hydrogens is 441 g/mol. The van der Waals surface area contributed by atoms with Crippen molar-refractivity contribution in [1.82, 2.24) is 15.2 Å². The second-order valence-corrected chi connectivity index (χ2v) is 10.7. The van der Waals surface area contributed by atoms with Gasteiger partial charge in [0, 0.05) is 23.8 Å². The maximum Gasteiger partial charge on any atom is 0.230 e. The Bertz CT molecular complexity index is 923. The highest BCUT2D eigenvalue weighted by atomic mass is 32.2. The quantitative estimate of drug-likeness (QED) is 0.255. The average molecular weight is 465 g/mol. The number of carbonyl (C=O) groups excluding carboxylic acids is 1. The highest BCUT2D eigenvalue weighted by Crippen LogP contribution is 2.34. The Kier molecular flexibility index (Phi) is 8.53. The number of aromatic nitrogens is 3. The smallest absolute Gasteiger partial charge is 0.230 e. The van der Waals surface area contributed by atoms with Crippen LogP contribution < -0.4 is 4.90 Å². The van der Waals surface area contributed by atoms with Crippen molar-refractivity contribution in [3.05, 3.63) is 40.9 Å². The van der Waals surface area contributed by atoms with E-state index in [0.717, 1.165) is 32.2 Å². The summed E-state index contributed by atoms with van der Waals surface area (Å²) in [6.45, 7) is 5.88. The molecule has 2 aromatic heterocycles. The number of unbranched alkanes of at least 4 members (excludes halogenated alkanes) is 1. The normalized spacial score (nSPS) is 11.0. The van der Waals surface area contributed by atoms with Crippen LogP contribution in [0, 0.1) is 0 Å². The molecular formula is C20H24N4OS4. The lowest BCUT2D eigenvalue weighted by atomic mass is 10.1. The summed E-state index contributed by atoms with van der Waals surface area (Å²) in [6.07, 6.45) is 3.37. The lowest BCUT2D eigenvalue weighted by Crippen LogP contribution is -2.22. The van der Waals surface area contributed by atoms with Crippen LogP contribution in [0.15, 0.2) is 38.3 Å². The summed E-state index contributed by atoms with van der Waals surface area (Å²) in [7, 11) is 0. The number of anilines is 2. The zero-order valence-electron chi connectivity index (χ0n) is 16.8. The molecule has 0 radical (unpaired) electrons. The third kappa shape index (κ3) is 6.28. The molecule has 0 N–H and O–H groups in total. The number of benzene rings is 1. The topological polar surface area (TPSA) is 59.0 Å². The van der Waals surface area contributed by atoms with E-state index in [1.54, 1.807) is 46.7 Å². The predicted octanol–water partition coefficient (Wildman–Crippen LogP) is 6.43. The second kappa shape index (κ2) is 11.1. The minimum absolute atomic E-state index is 0.0410. The molecule has 0 aliphatic heterocycles. The van der Waals surface area contributed by atoms with Gasteiger partial charge in [-0.15, -0.1) is 21.5 Å². The maximum absolute atomic E-state index is 12.3. The van der Waals surface area contributed by atoms with Crippen LogP contribution in [0.2, 0.25) is 0 Å². The van der Waals surface area contributed by atoms with E-state index >= 15 is 0 Å². The molecule has 3 aromatic rings. The van der Waals surface area contributed by atoms with Gasteiger partial charge in [0.25, 0.3) is 0 Å². The molecule has 2 heterocycles. The Balaban J connectivity index is 1.63. The van der Waals surface area contributed by atoms with Crippen LogP contribution in [0.3, 0.4) is 0 Å². The van der Waals surface area contributed by atoms with E-state index in [-0.39, 0.29) is 5.91 Å². The molecule has 0 unspecified atom stereocenters. The fourth-order valence-electron chi connectivity index (χ4n) is 2.53. The van der Waals surface area contributed by atoms with Crippen molar-refractivity contribution < 1.29 is 4.79 Å². The van der Waals surface area contributed by atoms with Crippen molar-refractivity contribution in [2.24, 2.45) is 0 Å². The third-order valence-corrected chi connectivity index (χ3v) is 8.29. The summed E-state index contributed by atoms with van der Waals surface area (Å²) in [4.78, 5) is 18.6. The first-order valence-corrected chi connectivity index (χ1v) is 13.2.